The maximum absolute atomic E-state index is 14.0. The monoisotopic (exact) mass is 510 g/mol. The highest BCUT2D eigenvalue weighted by atomic mass is 35.5. The van der Waals surface area contributed by atoms with Gasteiger partial charge in [-0.3, -0.25) is 19.3 Å². The van der Waals surface area contributed by atoms with E-state index in [4.69, 9.17) is 23.2 Å². The van der Waals surface area contributed by atoms with E-state index >= 15 is 0 Å². The fourth-order valence-electron chi connectivity index (χ4n) is 6.91. The Bertz CT molecular complexity index is 1130. The van der Waals surface area contributed by atoms with Gasteiger partial charge in [-0.2, -0.15) is 0 Å². The highest BCUT2D eigenvalue weighted by Gasteiger charge is 2.73. The van der Waals surface area contributed by atoms with E-state index in [-0.39, 0.29) is 11.9 Å². The first-order valence-corrected chi connectivity index (χ1v) is 13.2. The molecule has 3 atom stereocenters. The number of amides is 3. The van der Waals surface area contributed by atoms with Crippen LogP contribution in [0.2, 0.25) is 0 Å². The SMILES string of the molecule is CC1CCC(NC(=O)[C@H](C)N2C(=O)[C@H]3[C@H](C2=O)C2(Cl)c4ccccc4C3(Cl)c3ccccc32)CC1. The maximum atomic E-state index is 14.0. The third-order valence-corrected chi connectivity index (χ3v) is 10.0. The molecule has 182 valence electrons. The van der Waals surface area contributed by atoms with Gasteiger partial charge in [0.05, 0.1) is 11.8 Å². The number of imide groups is 1. The van der Waals surface area contributed by atoms with Gasteiger partial charge < -0.3 is 5.32 Å². The van der Waals surface area contributed by atoms with E-state index < -0.39 is 39.4 Å². The average molecular weight is 511 g/mol. The third kappa shape index (κ3) is 2.91. The zero-order valence-electron chi connectivity index (χ0n) is 19.8. The number of alkyl halides is 2. The molecule has 1 aliphatic heterocycles. The highest BCUT2D eigenvalue weighted by molar-refractivity contribution is 6.36. The predicted octanol–water partition coefficient (Wildman–Crippen LogP) is 4.66. The largest absolute Gasteiger partial charge is 0.352 e. The molecule has 7 rings (SSSR count). The van der Waals surface area contributed by atoms with Gasteiger partial charge in [0.2, 0.25) is 17.7 Å². The Morgan fingerprint density at radius 2 is 1.26 bits per heavy atom. The van der Waals surface area contributed by atoms with Crippen LogP contribution in [0.25, 0.3) is 0 Å². The van der Waals surface area contributed by atoms with Crippen molar-refractivity contribution in [3.63, 3.8) is 0 Å². The van der Waals surface area contributed by atoms with E-state index in [0.29, 0.717) is 5.92 Å². The van der Waals surface area contributed by atoms with Gasteiger partial charge in [0.25, 0.3) is 0 Å². The number of likely N-dealkylation sites (tertiary alicyclic amines) is 1. The fraction of sp³-hybridized carbons (Fsp3) is 0.464. The molecule has 3 amide bonds. The third-order valence-electron chi connectivity index (χ3n) is 8.75. The first-order chi connectivity index (χ1) is 16.7. The number of nitrogens with one attached hydrogen (secondary N) is 1. The molecule has 0 aromatic heterocycles. The van der Waals surface area contributed by atoms with Crippen LogP contribution in [-0.2, 0) is 24.1 Å². The number of nitrogens with zero attached hydrogens (tertiary/aromatic N) is 1. The van der Waals surface area contributed by atoms with Gasteiger partial charge in [0, 0.05) is 6.04 Å². The summed E-state index contributed by atoms with van der Waals surface area (Å²) >= 11 is 14.9. The number of carbonyl (C=O) groups excluding carboxylic acids is 3. The van der Waals surface area contributed by atoms with Gasteiger partial charge in [0.15, 0.2) is 0 Å². The summed E-state index contributed by atoms with van der Waals surface area (Å²) in [5, 5.41) is 3.08. The Labute approximate surface area is 215 Å². The number of rotatable bonds is 3. The normalized spacial score (nSPS) is 35.8. The van der Waals surface area contributed by atoms with Crippen LogP contribution in [0.5, 0.6) is 0 Å². The van der Waals surface area contributed by atoms with E-state index in [9.17, 15) is 14.4 Å². The molecule has 1 N–H and O–H groups in total. The van der Waals surface area contributed by atoms with Crippen molar-refractivity contribution in [2.75, 3.05) is 0 Å². The molecule has 0 radical (unpaired) electrons. The molecule has 7 heteroatoms. The Hall–Kier alpha value is -2.37. The molecule has 0 unspecified atom stereocenters. The van der Waals surface area contributed by atoms with Crippen LogP contribution in [-0.4, -0.2) is 34.7 Å². The van der Waals surface area contributed by atoms with E-state index in [0.717, 1.165) is 52.8 Å². The molecule has 2 fully saturated rings. The van der Waals surface area contributed by atoms with Crippen molar-refractivity contribution in [1.29, 1.82) is 0 Å². The molecule has 1 saturated heterocycles. The van der Waals surface area contributed by atoms with Gasteiger partial charge >= 0.3 is 0 Å². The molecule has 35 heavy (non-hydrogen) atoms. The topological polar surface area (TPSA) is 66.5 Å². The lowest BCUT2D eigenvalue weighted by atomic mass is 9.54. The zero-order valence-corrected chi connectivity index (χ0v) is 21.3. The zero-order chi connectivity index (χ0) is 24.7. The number of halogens is 2. The van der Waals surface area contributed by atoms with Crippen molar-refractivity contribution in [3.8, 4) is 0 Å². The average Bonchev–Trinajstić information content (AvgIpc) is 3.14. The molecule has 4 aliphatic carbocycles. The van der Waals surface area contributed by atoms with Crippen molar-refractivity contribution in [2.45, 2.75) is 61.4 Å². The molecule has 1 heterocycles. The van der Waals surface area contributed by atoms with E-state index in [1.54, 1.807) is 6.92 Å². The maximum Gasteiger partial charge on any atom is 0.243 e. The number of benzene rings is 2. The molecule has 2 aromatic rings. The van der Waals surface area contributed by atoms with Crippen molar-refractivity contribution in [1.82, 2.24) is 10.2 Å². The van der Waals surface area contributed by atoms with Gasteiger partial charge in [0.1, 0.15) is 15.8 Å². The van der Waals surface area contributed by atoms with Crippen LogP contribution < -0.4 is 5.32 Å². The van der Waals surface area contributed by atoms with Gasteiger partial charge in [-0.15, -0.1) is 23.2 Å². The second-order valence-corrected chi connectivity index (χ2v) is 11.9. The molecular formula is C28H28Cl2N2O3. The lowest BCUT2D eigenvalue weighted by molar-refractivity contribution is -0.147. The molecule has 1 saturated carbocycles. The van der Waals surface area contributed by atoms with Gasteiger partial charge in [-0.05, 0) is 60.8 Å². The first kappa shape index (κ1) is 23.1. The lowest BCUT2D eigenvalue weighted by Crippen LogP contribution is -2.57. The predicted molar refractivity (Wildman–Crippen MR) is 134 cm³/mol. The smallest absolute Gasteiger partial charge is 0.243 e. The Balaban J connectivity index is 1.40. The molecule has 5 nitrogen and oxygen atoms in total. The molecule has 2 aromatic carbocycles. The molecule has 2 bridgehead atoms. The minimum absolute atomic E-state index is 0.0691. The van der Waals surface area contributed by atoms with Gasteiger partial charge in [-0.25, -0.2) is 0 Å². The number of hydrogen-bond acceptors (Lipinski definition) is 3. The Morgan fingerprint density at radius 3 is 1.66 bits per heavy atom. The minimum atomic E-state index is -1.23. The van der Waals surface area contributed by atoms with Crippen molar-refractivity contribution < 1.29 is 14.4 Å². The minimum Gasteiger partial charge on any atom is -0.352 e. The summed E-state index contributed by atoms with van der Waals surface area (Å²) in [6.07, 6.45) is 3.94. The highest BCUT2D eigenvalue weighted by Crippen LogP contribution is 2.69. The molecule has 5 aliphatic rings. The summed E-state index contributed by atoms with van der Waals surface area (Å²) in [5.41, 5.74) is 3.03. The van der Waals surface area contributed by atoms with E-state index in [1.165, 1.54) is 0 Å². The number of hydrogen-bond donors (Lipinski definition) is 1. The van der Waals surface area contributed by atoms with E-state index in [2.05, 4.69) is 12.2 Å². The molecule has 0 spiro atoms. The summed E-state index contributed by atoms with van der Waals surface area (Å²) < 4.78 is 0. The summed E-state index contributed by atoms with van der Waals surface area (Å²) in [6.45, 7) is 3.84. The van der Waals surface area contributed by atoms with E-state index in [1.807, 2.05) is 48.5 Å². The standard InChI is InChI=1S/C28H28Cl2N2O3/c1-15-11-13-17(14-12-15)31-24(33)16(2)32-25(34)22-23(26(32)35)28(30)19-8-4-3-7-18(19)27(22,29)20-9-5-6-10-21(20)28/h3-10,15-17,22-23H,11-14H2,1-2H3,(H,31,33)/t15?,16-,17?,22+,23+,27?,28?/m0/s1. The summed E-state index contributed by atoms with van der Waals surface area (Å²) in [4.78, 5) is 39.8. The second kappa shape index (κ2) is 7.81. The van der Waals surface area contributed by atoms with Crippen LogP contribution in [0.15, 0.2) is 48.5 Å². The second-order valence-electron chi connectivity index (χ2n) is 10.7. The fourth-order valence-corrected chi connectivity index (χ4v) is 8.01. The molecular weight excluding hydrogens is 483 g/mol. The van der Waals surface area contributed by atoms with Crippen molar-refractivity contribution >= 4 is 40.9 Å². The summed E-state index contributed by atoms with van der Waals surface area (Å²) in [7, 11) is 0. The summed E-state index contributed by atoms with van der Waals surface area (Å²) in [5.74, 6) is -2.27. The lowest BCUT2D eigenvalue weighted by Gasteiger charge is -2.54. The first-order valence-electron chi connectivity index (χ1n) is 12.5. The Morgan fingerprint density at radius 1 is 0.857 bits per heavy atom. The van der Waals surface area contributed by atoms with Crippen LogP contribution in [0.4, 0.5) is 0 Å². The quantitative estimate of drug-likeness (QED) is 0.482. The van der Waals surface area contributed by atoms with Crippen molar-refractivity contribution in [2.24, 2.45) is 17.8 Å². The Kier molecular flexibility index (Phi) is 5.15. The summed E-state index contributed by atoms with van der Waals surface area (Å²) in [6, 6.07) is 14.2. The van der Waals surface area contributed by atoms with Crippen LogP contribution in [0.3, 0.4) is 0 Å². The van der Waals surface area contributed by atoms with Crippen LogP contribution in [0.1, 0.15) is 61.8 Å². The van der Waals surface area contributed by atoms with Crippen molar-refractivity contribution in [3.05, 3.63) is 70.8 Å². The van der Waals surface area contributed by atoms with Crippen LogP contribution >= 0.6 is 23.2 Å². The number of carbonyl (C=O) groups is 3. The van der Waals surface area contributed by atoms with Gasteiger partial charge in [-0.1, -0.05) is 55.5 Å². The van der Waals surface area contributed by atoms with Crippen LogP contribution in [0, 0.1) is 17.8 Å².